The van der Waals surface area contributed by atoms with E-state index in [1.54, 1.807) is 18.7 Å². The van der Waals surface area contributed by atoms with Gasteiger partial charge in [0.2, 0.25) is 0 Å². The lowest BCUT2D eigenvalue weighted by Gasteiger charge is -2.34. The maximum absolute atomic E-state index is 6.07. The number of H-pyrrole nitrogens is 1. The maximum Gasteiger partial charge on any atom is 0.146 e. The molecule has 0 aliphatic carbocycles. The number of pyridine rings is 1. The van der Waals surface area contributed by atoms with Crippen molar-refractivity contribution in [1.82, 2.24) is 20.3 Å². The lowest BCUT2D eigenvalue weighted by molar-refractivity contribution is 0.169. The van der Waals surface area contributed by atoms with Crippen LogP contribution in [0, 0.1) is 6.54 Å². The fourth-order valence-electron chi connectivity index (χ4n) is 2.60. The molecule has 2 aliphatic rings. The predicted octanol–water partition coefficient (Wildman–Crippen LogP) is 0.751. The smallest absolute Gasteiger partial charge is 0.146 e. The van der Waals surface area contributed by atoms with Gasteiger partial charge in [-0.25, -0.2) is 4.98 Å². The van der Waals surface area contributed by atoms with E-state index in [9.17, 15) is 0 Å². The number of hydrogen-bond donors (Lipinski definition) is 3. The lowest BCUT2D eigenvalue weighted by Crippen LogP contribution is -2.42. The van der Waals surface area contributed by atoms with Gasteiger partial charge in [-0.05, 0) is 0 Å². The van der Waals surface area contributed by atoms with Crippen molar-refractivity contribution in [2.75, 3.05) is 18.4 Å². The normalized spacial score (nSPS) is 24.8. The molecule has 3 N–H and O–H groups in total. The van der Waals surface area contributed by atoms with E-state index in [1.165, 1.54) is 0 Å². The van der Waals surface area contributed by atoms with Crippen molar-refractivity contribution in [1.29, 1.82) is 0 Å². The van der Waals surface area contributed by atoms with Crippen molar-refractivity contribution in [3.63, 3.8) is 0 Å². The van der Waals surface area contributed by atoms with Gasteiger partial charge in [0.15, 0.2) is 0 Å². The summed E-state index contributed by atoms with van der Waals surface area (Å²) in [6, 6.07) is 1.88. The Kier molecular flexibility index (Phi) is 2.41. The third kappa shape index (κ3) is 1.76. The van der Waals surface area contributed by atoms with Gasteiger partial charge in [-0.3, -0.25) is 4.98 Å². The van der Waals surface area contributed by atoms with Crippen LogP contribution in [-0.4, -0.2) is 34.1 Å². The van der Waals surface area contributed by atoms with Crippen molar-refractivity contribution >= 4 is 5.69 Å². The first-order chi connectivity index (χ1) is 9.42. The predicted molar refractivity (Wildman–Crippen MR) is 68.8 cm³/mol. The summed E-state index contributed by atoms with van der Waals surface area (Å²) in [4.78, 5) is 11.5. The first-order valence-corrected chi connectivity index (χ1v) is 6.28. The molecule has 0 bridgehead atoms. The summed E-state index contributed by atoms with van der Waals surface area (Å²) in [5.41, 5.74) is 2.88. The molecule has 0 fully saturated rings. The van der Waals surface area contributed by atoms with Gasteiger partial charge in [0, 0.05) is 18.8 Å². The number of aromatic nitrogens is 3. The summed E-state index contributed by atoms with van der Waals surface area (Å²) in [6.45, 7) is 4.61. The molecule has 6 heteroatoms. The Labute approximate surface area is 110 Å². The molecule has 2 aliphatic heterocycles. The SMILES string of the molecule is [C]1NCC(C2CNc3cnccc3O2)c2nc[nH]c21. The topological polar surface area (TPSA) is 74.9 Å². The zero-order valence-electron chi connectivity index (χ0n) is 10.2. The highest BCUT2D eigenvalue weighted by Crippen LogP contribution is 2.33. The van der Waals surface area contributed by atoms with Crippen LogP contribution >= 0.6 is 0 Å². The van der Waals surface area contributed by atoms with Gasteiger partial charge in [-0.15, -0.1) is 0 Å². The Hall–Kier alpha value is -2.08. The Morgan fingerprint density at radius 1 is 1.37 bits per heavy atom. The van der Waals surface area contributed by atoms with Crippen molar-refractivity contribution in [2.45, 2.75) is 12.0 Å². The minimum absolute atomic E-state index is 0.0477. The van der Waals surface area contributed by atoms with E-state index in [1.807, 2.05) is 6.07 Å². The molecule has 4 rings (SSSR count). The lowest BCUT2D eigenvalue weighted by atomic mass is 9.93. The fourth-order valence-corrected chi connectivity index (χ4v) is 2.60. The molecule has 0 saturated carbocycles. The molecular formula is C13H13N5O. The molecule has 2 radical (unpaired) electrons. The van der Waals surface area contributed by atoms with E-state index in [0.29, 0.717) is 0 Å². The number of aromatic amines is 1. The number of hydrogen-bond acceptors (Lipinski definition) is 5. The zero-order chi connectivity index (χ0) is 12.7. The van der Waals surface area contributed by atoms with Crippen LogP contribution in [-0.2, 0) is 0 Å². The highest BCUT2D eigenvalue weighted by atomic mass is 16.5. The second-order valence-corrected chi connectivity index (χ2v) is 4.68. The molecule has 2 atom stereocenters. The summed E-state index contributed by atoms with van der Waals surface area (Å²) >= 11 is 0. The van der Waals surface area contributed by atoms with Gasteiger partial charge in [-0.1, -0.05) is 0 Å². The van der Waals surface area contributed by atoms with Crippen LogP contribution in [0.4, 0.5) is 5.69 Å². The van der Waals surface area contributed by atoms with Crippen LogP contribution in [0.5, 0.6) is 5.75 Å². The van der Waals surface area contributed by atoms with Crippen LogP contribution in [0.1, 0.15) is 17.3 Å². The number of anilines is 1. The molecule has 19 heavy (non-hydrogen) atoms. The highest BCUT2D eigenvalue weighted by Gasteiger charge is 2.34. The monoisotopic (exact) mass is 255 g/mol. The van der Waals surface area contributed by atoms with Crippen molar-refractivity contribution in [3.05, 3.63) is 42.7 Å². The highest BCUT2D eigenvalue weighted by molar-refractivity contribution is 5.56. The molecule has 2 unspecified atom stereocenters. The van der Waals surface area contributed by atoms with Gasteiger partial charge < -0.3 is 20.4 Å². The van der Waals surface area contributed by atoms with Gasteiger partial charge >= 0.3 is 0 Å². The standard InChI is InChI=1S/C13H13N5O/c1-2-14-4-9-11(1)19-12(6-16-9)8-3-15-5-10-13(8)18-7-17-10/h1-2,4,7-8,12,15-16H,3,6H2,(H,17,18). The Morgan fingerprint density at radius 2 is 2.37 bits per heavy atom. The van der Waals surface area contributed by atoms with Crippen LogP contribution in [0.3, 0.4) is 0 Å². The minimum Gasteiger partial charge on any atom is -0.486 e. The van der Waals surface area contributed by atoms with Gasteiger partial charge in [0.1, 0.15) is 18.4 Å². The Bertz CT molecular complexity index is 596. The number of rotatable bonds is 1. The average Bonchev–Trinajstić information content (AvgIpc) is 2.95. The number of nitrogens with one attached hydrogen (secondary N) is 3. The molecule has 0 saturated heterocycles. The average molecular weight is 255 g/mol. The summed E-state index contributed by atoms with van der Waals surface area (Å²) in [6.07, 6.45) is 5.27. The maximum atomic E-state index is 6.07. The second kappa shape index (κ2) is 4.24. The van der Waals surface area contributed by atoms with Gasteiger partial charge in [-0.2, -0.15) is 0 Å². The first kappa shape index (κ1) is 10.8. The third-order valence-electron chi connectivity index (χ3n) is 3.56. The largest absolute Gasteiger partial charge is 0.486 e. The van der Waals surface area contributed by atoms with E-state index in [0.717, 1.165) is 35.9 Å². The second-order valence-electron chi connectivity index (χ2n) is 4.68. The van der Waals surface area contributed by atoms with E-state index in [-0.39, 0.29) is 12.0 Å². The van der Waals surface area contributed by atoms with Crippen LogP contribution in [0.2, 0.25) is 0 Å². The molecule has 0 amide bonds. The summed E-state index contributed by atoms with van der Waals surface area (Å²) in [5, 5.41) is 6.52. The third-order valence-corrected chi connectivity index (χ3v) is 3.56. The zero-order valence-corrected chi connectivity index (χ0v) is 10.2. The van der Waals surface area contributed by atoms with Gasteiger partial charge in [0.05, 0.1) is 42.1 Å². The van der Waals surface area contributed by atoms with Crippen LogP contribution < -0.4 is 15.4 Å². The molecule has 0 spiro atoms. The molecule has 6 nitrogen and oxygen atoms in total. The molecule has 4 heterocycles. The molecule has 0 aromatic carbocycles. The van der Waals surface area contributed by atoms with Crippen molar-refractivity contribution in [2.24, 2.45) is 0 Å². The van der Waals surface area contributed by atoms with Crippen LogP contribution in [0.15, 0.2) is 24.8 Å². The summed E-state index contributed by atoms with van der Waals surface area (Å²) < 4.78 is 6.07. The number of ether oxygens (including phenoxy) is 1. The number of fused-ring (bicyclic) bond motifs is 2. The van der Waals surface area contributed by atoms with Crippen LogP contribution in [0.25, 0.3) is 0 Å². The van der Waals surface area contributed by atoms with Gasteiger partial charge in [0.25, 0.3) is 0 Å². The van der Waals surface area contributed by atoms with Crippen molar-refractivity contribution < 1.29 is 4.74 Å². The molecule has 2 aromatic rings. The van der Waals surface area contributed by atoms with E-state index in [2.05, 4.69) is 32.1 Å². The quantitative estimate of drug-likeness (QED) is 0.701. The molecule has 2 aromatic heterocycles. The van der Waals surface area contributed by atoms with Crippen molar-refractivity contribution in [3.8, 4) is 5.75 Å². The summed E-state index contributed by atoms with van der Waals surface area (Å²) in [7, 11) is 0. The summed E-state index contributed by atoms with van der Waals surface area (Å²) in [5.74, 6) is 1.05. The molecule has 96 valence electrons. The van der Waals surface area contributed by atoms with E-state index < -0.39 is 0 Å². The van der Waals surface area contributed by atoms with E-state index >= 15 is 0 Å². The Balaban J connectivity index is 1.63. The minimum atomic E-state index is 0.0477. The van der Waals surface area contributed by atoms with E-state index in [4.69, 9.17) is 4.74 Å². The Morgan fingerprint density at radius 3 is 3.37 bits per heavy atom. The number of nitrogens with zero attached hydrogens (tertiary/aromatic N) is 2. The first-order valence-electron chi connectivity index (χ1n) is 6.28. The molecular weight excluding hydrogens is 242 g/mol. The number of imidazole rings is 1. The fraction of sp³-hybridized carbons (Fsp3) is 0.308.